The lowest BCUT2D eigenvalue weighted by Crippen LogP contribution is -2.22. The van der Waals surface area contributed by atoms with Crippen LogP contribution in [0.2, 0.25) is 0 Å². The van der Waals surface area contributed by atoms with Gasteiger partial charge in [-0.05, 0) is 6.92 Å². The normalized spacial score (nSPS) is 10.2. The van der Waals surface area contributed by atoms with E-state index in [1.807, 2.05) is 0 Å². The van der Waals surface area contributed by atoms with Crippen LogP contribution >= 0.6 is 0 Å². The molecule has 0 atom stereocenters. The van der Waals surface area contributed by atoms with Crippen LogP contribution in [0, 0.1) is 11.8 Å². The van der Waals surface area contributed by atoms with Gasteiger partial charge in [0.15, 0.2) is 0 Å². The molecule has 0 aliphatic rings. The standard InChI is InChI=1S/C6H11NO2S/c1-3-4-5-6-7-10(2,8)9/h7H,5-6H2,1-2H3. The first-order valence-corrected chi connectivity index (χ1v) is 4.79. The van der Waals surface area contributed by atoms with E-state index in [0.29, 0.717) is 13.0 Å². The molecule has 58 valence electrons. The van der Waals surface area contributed by atoms with Gasteiger partial charge in [-0.1, -0.05) is 0 Å². The van der Waals surface area contributed by atoms with Crippen molar-refractivity contribution in [2.24, 2.45) is 0 Å². The minimum atomic E-state index is -3.02. The van der Waals surface area contributed by atoms with Crippen molar-refractivity contribution in [2.75, 3.05) is 12.8 Å². The average Bonchev–Trinajstić information content (AvgIpc) is 1.78. The number of nitrogens with one attached hydrogen (secondary N) is 1. The van der Waals surface area contributed by atoms with Gasteiger partial charge in [-0.15, -0.1) is 11.8 Å². The molecule has 0 radical (unpaired) electrons. The van der Waals surface area contributed by atoms with Crippen LogP contribution in [0.3, 0.4) is 0 Å². The zero-order chi connectivity index (χ0) is 8.04. The lowest BCUT2D eigenvalue weighted by Gasteiger charge is -1.95. The molecule has 4 heteroatoms. The summed E-state index contributed by atoms with van der Waals surface area (Å²) >= 11 is 0. The molecule has 3 nitrogen and oxygen atoms in total. The van der Waals surface area contributed by atoms with Crippen molar-refractivity contribution in [2.45, 2.75) is 13.3 Å². The summed E-state index contributed by atoms with van der Waals surface area (Å²) in [5.74, 6) is 5.41. The van der Waals surface area contributed by atoms with Crippen molar-refractivity contribution in [3.05, 3.63) is 0 Å². The molecular formula is C6H11NO2S. The molecule has 0 aromatic carbocycles. The summed E-state index contributed by atoms with van der Waals surface area (Å²) in [6, 6.07) is 0. The second-order valence-corrected chi connectivity index (χ2v) is 3.68. The molecular weight excluding hydrogens is 150 g/mol. The van der Waals surface area contributed by atoms with Crippen LogP contribution in [0.25, 0.3) is 0 Å². The Morgan fingerprint density at radius 3 is 2.50 bits per heavy atom. The van der Waals surface area contributed by atoms with E-state index in [1.54, 1.807) is 6.92 Å². The second-order valence-electron chi connectivity index (χ2n) is 1.84. The van der Waals surface area contributed by atoms with E-state index < -0.39 is 10.0 Å². The third kappa shape index (κ3) is 7.47. The molecule has 0 spiro atoms. The molecule has 10 heavy (non-hydrogen) atoms. The van der Waals surface area contributed by atoms with Crippen molar-refractivity contribution in [1.29, 1.82) is 0 Å². The fraction of sp³-hybridized carbons (Fsp3) is 0.667. The fourth-order valence-electron chi connectivity index (χ4n) is 0.424. The van der Waals surface area contributed by atoms with Crippen LogP contribution in [-0.4, -0.2) is 21.2 Å². The fourth-order valence-corrected chi connectivity index (χ4v) is 0.897. The maximum Gasteiger partial charge on any atom is 0.208 e. The maximum atomic E-state index is 10.4. The first-order chi connectivity index (χ1) is 4.56. The highest BCUT2D eigenvalue weighted by molar-refractivity contribution is 7.88. The van der Waals surface area contributed by atoms with Crippen molar-refractivity contribution < 1.29 is 8.42 Å². The van der Waals surface area contributed by atoms with Crippen molar-refractivity contribution in [3.63, 3.8) is 0 Å². The number of sulfonamides is 1. The first-order valence-electron chi connectivity index (χ1n) is 2.90. The van der Waals surface area contributed by atoms with Gasteiger partial charge in [0.2, 0.25) is 10.0 Å². The molecule has 0 aromatic heterocycles. The van der Waals surface area contributed by atoms with E-state index in [2.05, 4.69) is 16.6 Å². The maximum absolute atomic E-state index is 10.4. The van der Waals surface area contributed by atoms with E-state index in [9.17, 15) is 8.42 Å². The topological polar surface area (TPSA) is 46.2 Å². The molecule has 0 saturated heterocycles. The lowest BCUT2D eigenvalue weighted by atomic mass is 10.4. The van der Waals surface area contributed by atoms with Crippen LogP contribution in [-0.2, 0) is 10.0 Å². The van der Waals surface area contributed by atoms with Crippen LogP contribution in [0.1, 0.15) is 13.3 Å². The number of rotatable bonds is 3. The molecule has 0 bridgehead atoms. The molecule has 0 unspecified atom stereocenters. The zero-order valence-electron chi connectivity index (χ0n) is 6.14. The summed E-state index contributed by atoms with van der Waals surface area (Å²) in [4.78, 5) is 0. The Balaban J connectivity index is 3.45. The van der Waals surface area contributed by atoms with Crippen molar-refractivity contribution in [3.8, 4) is 11.8 Å². The molecule has 0 aliphatic carbocycles. The van der Waals surface area contributed by atoms with Crippen LogP contribution < -0.4 is 4.72 Å². The molecule has 0 amide bonds. The number of hydrogen-bond donors (Lipinski definition) is 1. The molecule has 0 heterocycles. The van der Waals surface area contributed by atoms with Gasteiger partial charge in [-0.2, -0.15) is 0 Å². The Hall–Kier alpha value is -0.530. The van der Waals surface area contributed by atoms with E-state index in [-0.39, 0.29) is 0 Å². The van der Waals surface area contributed by atoms with Gasteiger partial charge in [0.05, 0.1) is 6.26 Å². The van der Waals surface area contributed by atoms with E-state index in [1.165, 1.54) is 0 Å². The SMILES string of the molecule is CC#CCCNS(C)(=O)=O. The smallest absolute Gasteiger partial charge is 0.208 e. The highest BCUT2D eigenvalue weighted by Gasteiger charge is 1.95. The van der Waals surface area contributed by atoms with Crippen molar-refractivity contribution in [1.82, 2.24) is 4.72 Å². The average molecular weight is 161 g/mol. The van der Waals surface area contributed by atoms with E-state index >= 15 is 0 Å². The summed E-state index contributed by atoms with van der Waals surface area (Å²) in [5, 5.41) is 0. The van der Waals surface area contributed by atoms with Crippen LogP contribution in [0.5, 0.6) is 0 Å². The monoisotopic (exact) mass is 161 g/mol. The van der Waals surface area contributed by atoms with Crippen molar-refractivity contribution >= 4 is 10.0 Å². The minimum Gasteiger partial charge on any atom is -0.215 e. The zero-order valence-corrected chi connectivity index (χ0v) is 6.96. The summed E-state index contributed by atoms with van der Waals surface area (Å²) in [6.07, 6.45) is 1.70. The Bertz CT molecular complexity index is 232. The summed E-state index contributed by atoms with van der Waals surface area (Å²) in [6.45, 7) is 2.13. The largest absolute Gasteiger partial charge is 0.215 e. The first kappa shape index (κ1) is 9.47. The predicted molar refractivity (Wildman–Crippen MR) is 40.9 cm³/mol. The van der Waals surface area contributed by atoms with Gasteiger partial charge in [0, 0.05) is 13.0 Å². The summed E-state index contributed by atoms with van der Waals surface area (Å²) in [5.41, 5.74) is 0. The van der Waals surface area contributed by atoms with Gasteiger partial charge in [-0.3, -0.25) is 0 Å². The molecule has 0 aliphatic heterocycles. The Morgan fingerprint density at radius 1 is 1.50 bits per heavy atom. The molecule has 1 N–H and O–H groups in total. The minimum absolute atomic E-state index is 0.402. The summed E-state index contributed by atoms with van der Waals surface area (Å²) in [7, 11) is -3.02. The highest BCUT2D eigenvalue weighted by Crippen LogP contribution is 1.76. The Kier molecular flexibility index (Phi) is 4.08. The Labute approximate surface area is 61.9 Å². The quantitative estimate of drug-likeness (QED) is 0.466. The molecule has 0 saturated carbocycles. The molecule has 0 aromatic rings. The van der Waals surface area contributed by atoms with Gasteiger partial charge in [0.25, 0.3) is 0 Å². The van der Waals surface area contributed by atoms with Gasteiger partial charge in [-0.25, -0.2) is 13.1 Å². The lowest BCUT2D eigenvalue weighted by molar-refractivity contribution is 0.588. The van der Waals surface area contributed by atoms with E-state index in [0.717, 1.165) is 6.26 Å². The third-order valence-electron chi connectivity index (χ3n) is 0.791. The Morgan fingerprint density at radius 2 is 2.10 bits per heavy atom. The molecule has 0 fully saturated rings. The van der Waals surface area contributed by atoms with Gasteiger partial charge >= 0.3 is 0 Å². The molecule has 0 rings (SSSR count). The van der Waals surface area contributed by atoms with E-state index in [4.69, 9.17) is 0 Å². The van der Waals surface area contributed by atoms with Gasteiger partial charge < -0.3 is 0 Å². The van der Waals surface area contributed by atoms with Gasteiger partial charge in [0.1, 0.15) is 0 Å². The number of hydrogen-bond acceptors (Lipinski definition) is 2. The summed E-state index contributed by atoms with van der Waals surface area (Å²) < 4.78 is 23.2. The predicted octanol–water partition coefficient (Wildman–Crippen LogP) is -0.0510. The third-order valence-corrected chi connectivity index (χ3v) is 1.52. The second kappa shape index (κ2) is 4.31. The van der Waals surface area contributed by atoms with Crippen LogP contribution in [0.4, 0.5) is 0 Å². The highest BCUT2D eigenvalue weighted by atomic mass is 32.2. The van der Waals surface area contributed by atoms with Crippen LogP contribution in [0.15, 0.2) is 0 Å².